The fraction of sp³-hybridized carbons (Fsp3) is 0.483. The second-order valence-electron chi connectivity index (χ2n) is 11.3. The van der Waals surface area contributed by atoms with E-state index in [-0.39, 0.29) is 36.3 Å². The molecule has 0 radical (unpaired) electrons. The predicted octanol–water partition coefficient (Wildman–Crippen LogP) is 6.08. The number of alkyl halides is 3. The summed E-state index contributed by atoms with van der Waals surface area (Å²) < 4.78 is 54.2. The van der Waals surface area contributed by atoms with Crippen LogP contribution in [0.25, 0.3) is 11.0 Å². The standard InChI is InChI=1S/C29H35F3N4O5/c1-18-12-20(15-28(2,3)14-18)36-24-11-10-22(40-17-25(37)35(4)16-26(38)39-5)13-23(24)34-27(36)33-19-6-8-21(9-7-19)41-29(30,31)32/h6-11,13,18,20H,12,14-17H2,1-5H3,(H,33,34)/t18-,20-/m1/s1. The number of nitrogens with one attached hydrogen (secondary N) is 1. The van der Waals surface area contributed by atoms with E-state index in [9.17, 15) is 22.8 Å². The minimum atomic E-state index is -4.77. The molecule has 1 amide bonds. The summed E-state index contributed by atoms with van der Waals surface area (Å²) in [5.74, 6) is 0.233. The Hall–Kier alpha value is -3.96. The van der Waals surface area contributed by atoms with Crippen LogP contribution in [0.3, 0.4) is 0 Å². The van der Waals surface area contributed by atoms with Crippen molar-refractivity contribution in [2.24, 2.45) is 11.3 Å². The number of amides is 1. The molecule has 1 aromatic heterocycles. The molecule has 1 N–H and O–H groups in total. The van der Waals surface area contributed by atoms with Gasteiger partial charge in [-0.05, 0) is 67.0 Å². The van der Waals surface area contributed by atoms with Crippen LogP contribution in [0.2, 0.25) is 0 Å². The largest absolute Gasteiger partial charge is 0.573 e. The van der Waals surface area contributed by atoms with Gasteiger partial charge in [0.25, 0.3) is 5.91 Å². The summed E-state index contributed by atoms with van der Waals surface area (Å²) in [7, 11) is 2.74. The maximum atomic E-state index is 12.6. The van der Waals surface area contributed by atoms with Crippen molar-refractivity contribution in [2.45, 2.75) is 52.4 Å². The highest BCUT2D eigenvalue weighted by atomic mass is 19.4. The van der Waals surface area contributed by atoms with Crippen molar-refractivity contribution >= 4 is 34.5 Å². The van der Waals surface area contributed by atoms with Gasteiger partial charge in [-0.15, -0.1) is 13.2 Å². The molecule has 1 saturated carbocycles. The molecule has 0 spiro atoms. The van der Waals surface area contributed by atoms with Crippen LogP contribution in [0.4, 0.5) is 24.8 Å². The first kappa shape index (κ1) is 30.0. The molecule has 1 heterocycles. The zero-order chi connectivity index (χ0) is 29.9. The number of anilines is 2. The lowest BCUT2D eigenvalue weighted by Crippen LogP contribution is -2.35. The summed E-state index contributed by atoms with van der Waals surface area (Å²) in [6, 6.07) is 11.0. The molecule has 9 nitrogen and oxygen atoms in total. The number of hydrogen-bond donors (Lipinski definition) is 1. The van der Waals surface area contributed by atoms with Crippen molar-refractivity contribution in [3.05, 3.63) is 42.5 Å². The van der Waals surface area contributed by atoms with E-state index in [0.717, 1.165) is 24.8 Å². The van der Waals surface area contributed by atoms with Gasteiger partial charge in [-0.1, -0.05) is 20.8 Å². The highest BCUT2D eigenvalue weighted by Gasteiger charge is 2.35. The maximum Gasteiger partial charge on any atom is 0.573 e. The van der Waals surface area contributed by atoms with Gasteiger partial charge in [0.1, 0.15) is 18.0 Å². The topological polar surface area (TPSA) is 94.9 Å². The number of halogens is 3. The molecule has 1 fully saturated rings. The van der Waals surface area contributed by atoms with Crippen LogP contribution in [0.5, 0.6) is 11.5 Å². The highest BCUT2D eigenvalue weighted by Crippen LogP contribution is 2.46. The summed E-state index contributed by atoms with van der Waals surface area (Å²) in [6.45, 7) is 6.28. The lowest BCUT2D eigenvalue weighted by molar-refractivity contribution is -0.274. The van der Waals surface area contributed by atoms with Gasteiger partial charge in [-0.2, -0.15) is 0 Å². The van der Waals surface area contributed by atoms with Crippen molar-refractivity contribution in [3.8, 4) is 11.5 Å². The number of likely N-dealkylation sites (N-methyl/N-ethyl adjacent to an activating group) is 1. The summed E-state index contributed by atoms with van der Waals surface area (Å²) >= 11 is 0. The molecule has 0 unspecified atom stereocenters. The van der Waals surface area contributed by atoms with Crippen LogP contribution in [-0.2, 0) is 14.3 Å². The number of imidazole rings is 1. The zero-order valence-corrected chi connectivity index (χ0v) is 23.7. The van der Waals surface area contributed by atoms with Crippen LogP contribution < -0.4 is 14.8 Å². The maximum absolute atomic E-state index is 12.6. The molecule has 41 heavy (non-hydrogen) atoms. The van der Waals surface area contributed by atoms with Crippen molar-refractivity contribution in [1.82, 2.24) is 14.5 Å². The quantitative estimate of drug-likeness (QED) is 0.309. The van der Waals surface area contributed by atoms with Crippen LogP contribution in [0, 0.1) is 11.3 Å². The summed E-state index contributed by atoms with van der Waals surface area (Å²) in [5, 5.41) is 3.27. The van der Waals surface area contributed by atoms with Gasteiger partial charge >= 0.3 is 12.3 Å². The first-order valence-electron chi connectivity index (χ1n) is 13.3. The van der Waals surface area contributed by atoms with Gasteiger partial charge in [-0.3, -0.25) is 9.59 Å². The Bertz CT molecular complexity index is 1390. The number of methoxy groups -OCH3 is 1. The van der Waals surface area contributed by atoms with Crippen LogP contribution >= 0.6 is 0 Å². The van der Waals surface area contributed by atoms with Crippen molar-refractivity contribution < 1.29 is 37.0 Å². The molecule has 2 aromatic carbocycles. The van der Waals surface area contributed by atoms with E-state index in [4.69, 9.17) is 9.72 Å². The van der Waals surface area contributed by atoms with Gasteiger partial charge in [0, 0.05) is 24.8 Å². The number of ether oxygens (including phenoxy) is 3. The van der Waals surface area contributed by atoms with E-state index < -0.39 is 12.3 Å². The SMILES string of the molecule is COC(=O)CN(C)C(=O)COc1ccc2c(c1)nc(Nc1ccc(OC(F)(F)F)cc1)n2[C@@H]1C[C@@H](C)CC(C)(C)C1. The first-order valence-corrected chi connectivity index (χ1v) is 13.3. The number of carbonyl (C=O) groups excluding carboxylic acids is 2. The van der Waals surface area contributed by atoms with Gasteiger partial charge in [0.05, 0.1) is 18.1 Å². The van der Waals surface area contributed by atoms with E-state index in [1.165, 1.54) is 43.3 Å². The van der Waals surface area contributed by atoms with Gasteiger partial charge < -0.3 is 29.0 Å². The molecule has 3 aromatic rings. The summed E-state index contributed by atoms with van der Waals surface area (Å²) in [6.07, 6.45) is -1.79. The minimum absolute atomic E-state index is 0.117. The van der Waals surface area contributed by atoms with E-state index in [0.29, 0.717) is 28.8 Å². The minimum Gasteiger partial charge on any atom is -0.484 e. The lowest BCUT2D eigenvalue weighted by atomic mass is 9.70. The lowest BCUT2D eigenvalue weighted by Gasteiger charge is -2.40. The first-order chi connectivity index (χ1) is 19.2. The molecular weight excluding hydrogens is 541 g/mol. The fourth-order valence-corrected chi connectivity index (χ4v) is 5.59. The van der Waals surface area contributed by atoms with Crippen molar-refractivity contribution in [3.63, 3.8) is 0 Å². The Morgan fingerprint density at radius 1 is 1.12 bits per heavy atom. The number of carbonyl (C=O) groups is 2. The predicted molar refractivity (Wildman–Crippen MR) is 147 cm³/mol. The average molecular weight is 577 g/mol. The van der Waals surface area contributed by atoms with Gasteiger partial charge in [0.2, 0.25) is 5.95 Å². The Kier molecular flexibility index (Phi) is 8.69. The van der Waals surface area contributed by atoms with Crippen LogP contribution in [0.1, 0.15) is 46.1 Å². The molecule has 0 bridgehead atoms. The molecule has 0 saturated heterocycles. The van der Waals surface area contributed by atoms with Gasteiger partial charge in [0.15, 0.2) is 6.61 Å². The molecule has 1 aliphatic carbocycles. The normalized spacial score (nSPS) is 18.5. The van der Waals surface area contributed by atoms with Crippen molar-refractivity contribution in [2.75, 3.05) is 32.6 Å². The second kappa shape index (κ2) is 11.9. The number of benzene rings is 2. The van der Waals surface area contributed by atoms with Gasteiger partial charge in [-0.25, -0.2) is 4.98 Å². The number of aromatic nitrogens is 2. The van der Waals surface area contributed by atoms with E-state index in [1.807, 2.05) is 6.07 Å². The molecule has 12 heteroatoms. The Balaban J connectivity index is 1.61. The highest BCUT2D eigenvalue weighted by molar-refractivity contribution is 5.84. The summed E-state index contributed by atoms with van der Waals surface area (Å²) in [5.41, 5.74) is 2.16. The molecule has 2 atom stereocenters. The third-order valence-electron chi connectivity index (χ3n) is 7.12. The molecular formula is C29H35F3N4O5. The molecule has 1 aliphatic rings. The number of nitrogens with zero attached hydrogens (tertiary/aromatic N) is 3. The monoisotopic (exact) mass is 576 g/mol. The third kappa shape index (κ3) is 7.83. The number of hydrogen-bond acceptors (Lipinski definition) is 7. The number of rotatable bonds is 9. The van der Waals surface area contributed by atoms with Crippen LogP contribution in [-0.4, -0.2) is 60.0 Å². The molecule has 222 valence electrons. The van der Waals surface area contributed by atoms with E-state index in [1.54, 1.807) is 12.1 Å². The summed E-state index contributed by atoms with van der Waals surface area (Å²) in [4.78, 5) is 29.9. The smallest absolute Gasteiger partial charge is 0.484 e. The average Bonchev–Trinajstić information content (AvgIpc) is 3.23. The number of esters is 1. The Labute approximate surface area is 236 Å². The van der Waals surface area contributed by atoms with E-state index >= 15 is 0 Å². The van der Waals surface area contributed by atoms with Crippen molar-refractivity contribution in [1.29, 1.82) is 0 Å². The zero-order valence-electron chi connectivity index (χ0n) is 23.7. The Morgan fingerprint density at radius 2 is 1.80 bits per heavy atom. The van der Waals surface area contributed by atoms with Crippen LogP contribution in [0.15, 0.2) is 42.5 Å². The third-order valence-corrected chi connectivity index (χ3v) is 7.12. The van der Waals surface area contributed by atoms with E-state index in [2.05, 4.69) is 40.1 Å². The molecule has 4 rings (SSSR count). The second-order valence-corrected chi connectivity index (χ2v) is 11.3. The molecule has 0 aliphatic heterocycles. The fourth-order valence-electron chi connectivity index (χ4n) is 5.59. The number of fused-ring (bicyclic) bond motifs is 1. The Morgan fingerprint density at radius 3 is 2.44 bits per heavy atom.